The molecule has 0 aliphatic heterocycles. The van der Waals surface area contributed by atoms with Crippen LogP contribution in [0.4, 0.5) is 4.39 Å². The van der Waals surface area contributed by atoms with Crippen molar-refractivity contribution in [2.24, 2.45) is 5.73 Å². The highest BCUT2D eigenvalue weighted by atomic mass is 35.5. The quantitative estimate of drug-likeness (QED) is 0.878. The molecule has 0 fully saturated rings. The van der Waals surface area contributed by atoms with E-state index >= 15 is 0 Å². The van der Waals surface area contributed by atoms with Crippen LogP contribution >= 0.6 is 24.0 Å². The molecule has 0 bridgehead atoms. The van der Waals surface area contributed by atoms with E-state index in [4.69, 9.17) is 17.3 Å². The van der Waals surface area contributed by atoms with E-state index < -0.39 is 17.3 Å². The third-order valence-electron chi connectivity index (χ3n) is 3.20. The lowest BCUT2D eigenvalue weighted by atomic mass is 9.94. The topological polar surface area (TPSA) is 55.1 Å². The maximum Gasteiger partial charge on any atom is 0.255 e. The van der Waals surface area contributed by atoms with Crippen LogP contribution in [0.15, 0.2) is 18.2 Å². The van der Waals surface area contributed by atoms with E-state index in [9.17, 15) is 9.18 Å². The monoisotopic (exact) mass is 308 g/mol. The molecular weight excluding hydrogens is 290 g/mol. The molecule has 1 amide bonds. The standard InChI is InChI=1S/C13H18ClFN2O.ClH/c1-3-13(16,4-2)8-17-12(18)11-9(14)6-5-7-10(11)15;/h5-7H,3-4,8,16H2,1-2H3,(H,17,18);1H. The molecule has 3 nitrogen and oxygen atoms in total. The normalized spacial score (nSPS) is 10.8. The molecule has 0 unspecified atom stereocenters. The first-order chi connectivity index (χ1) is 8.43. The van der Waals surface area contributed by atoms with Gasteiger partial charge in [0.05, 0.1) is 10.6 Å². The van der Waals surface area contributed by atoms with Crippen molar-refractivity contribution in [2.45, 2.75) is 32.2 Å². The summed E-state index contributed by atoms with van der Waals surface area (Å²) < 4.78 is 13.5. The van der Waals surface area contributed by atoms with Crippen molar-refractivity contribution in [3.63, 3.8) is 0 Å². The van der Waals surface area contributed by atoms with Crippen LogP contribution < -0.4 is 11.1 Å². The van der Waals surface area contributed by atoms with Crippen LogP contribution in [0.2, 0.25) is 5.02 Å². The van der Waals surface area contributed by atoms with Gasteiger partial charge in [-0.2, -0.15) is 0 Å². The Morgan fingerprint density at radius 3 is 2.47 bits per heavy atom. The Balaban J connectivity index is 0.00000324. The lowest BCUT2D eigenvalue weighted by Crippen LogP contribution is -2.49. The predicted octanol–water partition coefficient (Wildman–Crippen LogP) is 3.15. The Kier molecular flexibility index (Phi) is 7.34. The fourth-order valence-electron chi connectivity index (χ4n) is 1.56. The molecule has 0 saturated heterocycles. The van der Waals surface area contributed by atoms with Gasteiger partial charge < -0.3 is 11.1 Å². The van der Waals surface area contributed by atoms with Crippen LogP contribution in [0.1, 0.15) is 37.0 Å². The molecule has 0 heterocycles. The Bertz CT molecular complexity index is 416. The van der Waals surface area contributed by atoms with Gasteiger partial charge in [-0.25, -0.2) is 4.39 Å². The Morgan fingerprint density at radius 1 is 1.42 bits per heavy atom. The second-order valence-electron chi connectivity index (χ2n) is 4.35. The molecule has 1 aromatic carbocycles. The molecule has 108 valence electrons. The van der Waals surface area contributed by atoms with Gasteiger partial charge in [0.15, 0.2) is 0 Å². The number of benzene rings is 1. The second kappa shape index (κ2) is 7.68. The summed E-state index contributed by atoms with van der Waals surface area (Å²) in [6.45, 7) is 4.20. The summed E-state index contributed by atoms with van der Waals surface area (Å²) in [6.07, 6.45) is 1.46. The number of rotatable bonds is 5. The van der Waals surface area contributed by atoms with Crippen molar-refractivity contribution in [1.29, 1.82) is 0 Å². The number of amides is 1. The number of nitrogens with two attached hydrogens (primary N) is 1. The van der Waals surface area contributed by atoms with Crippen molar-refractivity contribution in [3.8, 4) is 0 Å². The SMILES string of the molecule is CCC(N)(CC)CNC(=O)c1c(F)cccc1Cl.Cl. The van der Waals surface area contributed by atoms with E-state index in [1.807, 2.05) is 13.8 Å². The maximum absolute atomic E-state index is 13.5. The lowest BCUT2D eigenvalue weighted by Gasteiger charge is -2.26. The average Bonchev–Trinajstić information content (AvgIpc) is 2.36. The van der Waals surface area contributed by atoms with E-state index in [0.29, 0.717) is 6.54 Å². The maximum atomic E-state index is 13.5. The van der Waals surface area contributed by atoms with Gasteiger partial charge in [0.2, 0.25) is 0 Å². The summed E-state index contributed by atoms with van der Waals surface area (Å²) in [5, 5.41) is 2.73. The van der Waals surface area contributed by atoms with Crippen molar-refractivity contribution in [2.75, 3.05) is 6.54 Å². The van der Waals surface area contributed by atoms with Crippen molar-refractivity contribution in [3.05, 3.63) is 34.6 Å². The van der Waals surface area contributed by atoms with Crippen LogP contribution in [0.5, 0.6) is 0 Å². The summed E-state index contributed by atoms with van der Waals surface area (Å²) >= 11 is 5.81. The van der Waals surface area contributed by atoms with E-state index in [1.165, 1.54) is 18.2 Å². The summed E-state index contributed by atoms with van der Waals surface area (Å²) in [4.78, 5) is 11.9. The molecule has 0 aromatic heterocycles. The summed E-state index contributed by atoms with van der Waals surface area (Å²) in [5.74, 6) is -1.16. The third-order valence-corrected chi connectivity index (χ3v) is 3.51. The summed E-state index contributed by atoms with van der Waals surface area (Å²) in [5.41, 5.74) is 5.46. The fourth-order valence-corrected chi connectivity index (χ4v) is 1.81. The van der Waals surface area contributed by atoms with E-state index in [1.54, 1.807) is 0 Å². The highest BCUT2D eigenvalue weighted by Gasteiger charge is 2.23. The van der Waals surface area contributed by atoms with E-state index in [0.717, 1.165) is 12.8 Å². The van der Waals surface area contributed by atoms with Crippen LogP contribution in [0, 0.1) is 5.82 Å². The van der Waals surface area contributed by atoms with Gasteiger partial charge >= 0.3 is 0 Å². The zero-order valence-electron chi connectivity index (χ0n) is 11.0. The number of nitrogens with one attached hydrogen (secondary N) is 1. The van der Waals surface area contributed by atoms with Crippen molar-refractivity contribution >= 4 is 29.9 Å². The molecule has 19 heavy (non-hydrogen) atoms. The Hall–Kier alpha value is -0.840. The minimum absolute atomic E-state index is 0. The molecule has 1 aromatic rings. The van der Waals surface area contributed by atoms with Gasteiger partial charge in [-0.1, -0.05) is 31.5 Å². The van der Waals surface area contributed by atoms with Gasteiger partial charge in [-0.15, -0.1) is 12.4 Å². The van der Waals surface area contributed by atoms with Crippen LogP contribution in [-0.2, 0) is 0 Å². The van der Waals surface area contributed by atoms with E-state index in [-0.39, 0.29) is 23.0 Å². The summed E-state index contributed by atoms with van der Waals surface area (Å²) in [7, 11) is 0. The largest absolute Gasteiger partial charge is 0.350 e. The van der Waals surface area contributed by atoms with E-state index in [2.05, 4.69) is 5.32 Å². The molecule has 3 N–H and O–H groups in total. The smallest absolute Gasteiger partial charge is 0.255 e. The third kappa shape index (κ3) is 4.64. The highest BCUT2D eigenvalue weighted by molar-refractivity contribution is 6.33. The first-order valence-electron chi connectivity index (χ1n) is 5.94. The van der Waals surface area contributed by atoms with Gasteiger partial charge in [-0.05, 0) is 25.0 Å². The van der Waals surface area contributed by atoms with Gasteiger partial charge in [0.1, 0.15) is 5.82 Å². The zero-order chi connectivity index (χ0) is 13.8. The molecule has 0 aliphatic rings. The number of hydrogen-bond donors (Lipinski definition) is 2. The molecule has 0 radical (unpaired) electrons. The summed E-state index contributed by atoms with van der Waals surface area (Å²) in [6, 6.07) is 4.14. The fraction of sp³-hybridized carbons (Fsp3) is 0.462. The Labute approximate surface area is 124 Å². The first kappa shape index (κ1) is 18.2. The Morgan fingerprint density at radius 2 is 2.00 bits per heavy atom. The first-order valence-corrected chi connectivity index (χ1v) is 6.32. The van der Waals surface area contributed by atoms with Gasteiger partial charge in [0.25, 0.3) is 5.91 Å². The molecule has 0 spiro atoms. The van der Waals surface area contributed by atoms with Crippen LogP contribution in [-0.4, -0.2) is 18.0 Å². The van der Waals surface area contributed by atoms with Gasteiger partial charge in [-0.3, -0.25) is 4.79 Å². The van der Waals surface area contributed by atoms with Crippen molar-refractivity contribution < 1.29 is 9.18 Å². The predicted molar refractivity (Wildman–Crippen MR) is 78.5 cm³/mol. The van der Waals surface area contributed by atoms with Crippen LogP contribution in [0.25, 0.3) is 0 Å². The second-order valence-corrected chi connectivity index (χ2v) is 4.76. The molecule has 1 rings (SSSR count). The highest BCUT2D eigenvalue weighted by Crippen LogP contribution is 2.19. The number of halogens is 3. The van der Waals surface area contributed by atoms with Gasteiger partial charge in [0, 0.05) is 12.1 Å². The van der Waals surface area contributed by atoms with Crippen LogP contribution in [0.3, 0.4) is 0 Å². The minimum atomic E-state index is -0.629. The average molecular weight is 309 g/mol. The number of carbonyl (C=O) groups excluding carboxylic acids is 1. The lowest BCUT2D eigenvalue weighted by molar-refractivity contribution is 0.0938. The molecule has 0 saturated carbocycles. The zero-order valence-corrected chi connectivity index (χ0v) is 12.6. The molecule has 0 atom stereocenters. The number of carbonyl (C=O) groups is 1. The molecule has 0 aliphatic carbocycles. The minimum Gasteiger partial charge on any atom is -0.350 e. The molecule has 6 heteroatoms. The number of hydrogen-bond acceptors (Lipinski definition) is 2. The van der Waals surface area contributed by atoms with Crippen molar-refractivity contribution in [1.82, 2.24) is 5.32 Å². The molecular formula is C13H19Cl2FN2O.